The van der Waals surface area contributed by atoms with Gasteiger partial charge in [-0.3, -0.25) is 9.59 Å². The van der Waals surface area contributed by atoms with E-state index in [2.05, 4.69) is 5.32 Å². The van der Waals surface area contributed by atoms with Crippen molar-refractivity contribution in [1.29, 1.82) is 0 Å². The van der Waals surface area contributed by atoms with E-state index in [-0.39, 0.29) is 30.8 Å². The summed E-state index contributed by atoms with van der Waals surface area (Å²) in [5.41, 5.74) is 5.11. The van der Waals surface area contributed by atoms with Crippen LogP contribution in [0.1, 0.15) is 40.5 Å². The molecule has 0 radical (unpaired) electrons. The largest absolute Gasteiger partial charge is 0.481 e. The highest BCUT2D eigenvalue weighted by atomic mass is 16.4. The molecule has 116 valence electrons. The molecule has 0 heterocycles. The van der Waals surface area contributed by atoms with E-state index in [0.29, 0.717) is 6.42 Å². The zero-order valence-corrected chi connectivity index (χ0v) is 12.5. The molecule has 4 N–H and O–H groups in total. The molecule has 20 heavy (non-hydrogen) atoms. The van der Waals surface area contributed by atoms with Crippen LogP contribution in [-0.2, 0) is 9.59 Å². The number of primary amides is 1. The van der Waals surface area contributed by atoms with Crippen molar-refractivity contribution in [3.63, 3.8) is 0 Å². The van der Waals surface area contributed by atoms with Gasteiger partial charge in [0.2, 0.25) is 5.91 Å². The second kappa shape index (κ2) is 8.39. The van der Waals surface area contributed by atoms with Gasteiger partial charge in [-0.1, -0.05) is 20.3 Å². The van der Waals surface area contributed by atoms with Gasteiger partial charge in [-0.05, 0) is 19.8 Å². The molecule has 2 atom stereocenters. The first-order valence-corrected chi connectivity index (χ1v) is 6.78. The molecule has 0 aromatic heterocycles. The number of rotatable bonds is 8. The van der Waals surface area contributed by atoms with E-state index >= 15 is 0 Å². The van der Waals surface area contributed by atoms with Crippen molar-refractivity contribution in [2.75, 3.05) is 6.54 Å². The maximum Gasteiger partial charge on any atom is 0.312 e. The van der Waals surface area contributed by atoms with E-state index in [1.807, 2.05) is 13.8 Å². The van der Waals surface area contributed by atoms with Crippen molar-refractivity contribution in [2.24, 2.45) is 11.7 Å². The number of urea groups is 1. The van der Waals surface area contributed by atoms with Gasteiger partial charge in [0.15, 0.2) is 0 Å². The molecule has 0 aliphatic rings. The van der Waals surface area contributed by atoms with Crippen molar-refractivity contribution in [3.8, 4) is 0 Å². The number of hydrogen-bond acceptors (Lipinski definition) is 3. The standard InChI is InChI=1S/C13H25N3O4/c1-5-9(4)11(15-13(14)20)12(19)16(8(2)3)7-6-10(17)18/h8-9,11H,5-7H2,1-4H3,(H,17,18)(H3,14,15,20). The maximum absolute atomic E-state index is 12.5. The third-order valence-electron chi connectivity index (χ3n) is 3.25. The fraction of sp³-hybridized carbons (Fsp3) is 0.769. The summed E-state index contributed by atoms with van der Waals surface area (Å²) in [4.78, 5) is 35.7. The SMILES string of the molecule is CCC(C)C(NC(N)=O)C(=O)N(CCC(=O)O)C(C)C. The number of carboxylic acids is 1. The molecule has 0 bridgehead atoms. The topological polar surface area (TPSA) is 113 Å². The summed E-state index contributed by atoms with van der Waals surface area (Å²) in [6.07, 6.45) is 0.565. The number of hydrogen-bond donors (Lipinski definition) is 3. The minimum absolute atomic E-state index is 0.0823. The number of amides is 3. The lowest BCUT2D eigenvalue weighted by molar-refractivity contribution is -0.140. The summed E-state index contributed by atoms with van der Waals surface area (Å²) in [6.45, 7) is 7.47. The third kappa shape index (κ3) is 5.90. The molecular formula is C13H25N3O4. The molecule has 0 aromatic carbocycles. The molecule has 0 rings (SSSR count). The van der Waals surface area contributed by atoms with Crippen LogP contribution >= 0.6 is 0 Å². The monoisotopic (exact) mass is 287 g/mol. The van der Waals surface area contributed by atoms with E-state index in [1.165, 1.54) is 4.90 Å². The van der Waals surface area contributed by atoms with E-state index in [4.69, 9.17) is 10.8 Å². The Labute approximate surface area is 119 Å². The van der Waals surface area contributed by atoms with Crippen LogP contribution in [0.3, 0.4) is 0 Å². The summed E-state index contributed by atoms with van der Waals surface area (Å²) in [6, 6.07) is -1.64. The summed E-state index contributed by atoms with van der Waals surface area (Å²) in [7, 11) is 0. The second-order valence-electron chi connectivity index (χ2n) is 5.14. The zero-order chi connectivity index (χ0) is 15.9. The molecule has 0 aromatic rings. The average Bonchev–Trinajstić information content (AvgIpc) is 2.33. The fourth-order valence-corrected chi connectivity index (χ4v) is 1.85. The Morgan fingerprint density at radius 1 is 1.25 bits per heavy atom. The molecule has 7 nitrogen and oxygen atoms in total. The van der Waals surface area contributed by atoms with Crippen molar-refractivity contribution in [1.82, 2.24) is 10.2 Å². The van der Waals surface area contributed by atoms with Crippen LogP contribution in [0.4, 0.5) is 4.79 Å². The molecule has 0 spiro atoms. The van der Waals surface area contributed by atoms with Crippen LogP contribution in [-0.4, -0.2) is 46.5 Å². The Morgan fingerprint density at radius 2 is 1.80 bits per heavy atom. The first kappa shape index (κ1) is 18.2. The van der Waals surface area contributed by atoms with Crippen LogP contribution in [0.25, 0.3) is 0 Å². The number of carbonyl (C=O) groups excluding carboxylic acids is 2. The van der Waals surface area contributed by atoms with Gasteiger partial charge in [-0.2, -0.15) is 0 Å². The lowest BCUT2D eigenvalue weighted by Crippen LogP contribution is -2.54. The normalized spacial score (nSPS) is 13.7. The molecule has 0 saturated carbocycles. The molecular weight excluding hydrogens is 262 g/mol. The Morgan fingerprint density at radius 3 is 2.15 bits per heavy atom. The molecule has 0 aliphatic heterocycles. The Kier molecular flexibility index (Phi) is 7.64. The second-order valence-corrected chi connectivity index (χ2v) is 5.14. The minimum Gasteiger partial charge on any atom is -0.481 e. The molecule has 0 saturated heterocycles. The number of carbonyl (C=O) groups is 3. The fourth-order valence-electron chi connectivity index (χ4n) is 1.85. The first-order chi connectivity index (χ1) is 9.20. The Bertz CT molecular complexity index is 358. The van der Waals surface area contributed by atoms with Crippen LogP contribution in [0.2, 0.25) is 0 Å². The highest BCUT2D eigenvalue weighted by Gasteiger charge is 2.30. The van der Waals surface area contributed by atoms with Crippen molar-refractivity contribution in [2.45, 2.75) is 52.6 Å². The number of nitrogens with one attached hydrogen (secondary N) is 1. The summed E-state index contributed by atoms with van der Waals surface area (Å²) in [5, 5.41) is 11.2. The smallest absolute Gasteiger partial charge is 0.312 e. The molecule has 0 aliphatic carbocycles. The summed E-state index contributed by atoms with van der Waals surface area (Å²) < 4.78 is 0. The van der Waals surface area contributed by atoms with Crippen molar-refractivity contribution >= 4 is 17.9 Å². The van der Waals surface area contributed by atoms with Gasteiger partial charge in [0, 0.05) is 12.6 Å². The minimum atomic E-state index is -0.966. The maximum atomic E-state index is 12.5. The van der Waals surface area contributed by atoms with E-state index in [0.717, 1.165) is 0 Å². The first-order valence-electron chi connectivity index (χ1n) is 6.78. The number of aliphatic carboxylic acids is 1. The van der Waals surface area contributed by atoms with E-state index in [1.54, 1.807) is 13.8 Å². The molecule has 0 fully saturated rings. The highest BCUT2D eigenvalue weighted by molar-refractivity contribution is 5.87. The van der Waals surface area contributed by atoms with Crippen molar-refractivity contribution < 1.29 is 19.5 Å². The predicted molar refractivity (Wildman–Crippen MR) is 75.1 cm³/mol. The van der Waals surface area contributed by atoms with Gasteiger partial charge >= 0.3 is 12.0 Å². The Balaban J connectivity index is 5.03. The number of nitrogens with two attached hydrogens (primary N) is 1. The lowest BCUT2D eigenvalue weighted by atomic mass is 9.97. The van der Waals surface area contributed by atoms with Crippen LogP contribution in [0.15, 0.2) is 0 Å². The quantitative estimate of drug-likeness (QED) is 0.612. The van der Waals surface area contributed by atoms with Crippen molar-refractivity contribution in [3.05, 3.63) is 0 Å². The summed E-state index contributed by atoms with van der Waals surface area (Å²) in [5.74, 6) is -1.35. The third-order valence-corrected chi connectivity index (χ3v) is 3.25. The zero-order valence-electron chi connectivity index (χ0n) is 12.5. The van der Waals surface area contributed by atoms with Gasteiger partial charge < -0.3 is 21.1 Å². The van der Waals surface area contributed by atoms with Gasteiger partial charge in [0.1, 0.15) is 6.04 Å². The van der Waals surface area contributed by atoms with Gasteiger partial charge in [-0.25, -0.2) is 4.79 Å². The highest BCUT2D eigenvalue weighted by Crippen LogP contribution is 2.13. The van der Waals surface area contributed by atoms with E-state index in [9.17, 15) is 14.4 Å². The van der Waals surface area contributed by atoms with Gasteiger partial charge in [-0.15, -0.1) is 0 Å². The van der Waals surface area contributed by atoms with E-state index < -0.39 is 18.0 Å². The van der Waals surface area contributed by atoms with Crippen LogP contribution in [0.5, 0.6) is 0 Å². The molecule has 7 heteroatoms. The van der Waals surface area contributed by atoms with Crippen LogP contribution < -0.4 is 11.1 Å². The number of nitrogens with zero attached hydrogens (tertiary/aromatic N) is 1. The number of carboxylic acid groups (broad SMARTS) is 1. The van der Waals surface area contributed by atoms with Crippen LogP contribution in [0, 0.1) is 5.92 Å². The lowest BCUT2D eigenvalue weighted by Gasteiger charge is -2.32. The Hall–Kier alpha value is -1.79. The summed E-state index contributed by atoms with van der Waals surface area (Å²) >= 11 is 0. The predicted octanol–water partition coefficient (Wildman–Crippen LogP) is 0.781. The molecule has 2 unspecified atom stereocenters. The average molecular weight is 287 g/mol. The molecule has 3 amide bonds. The van der Waals surface area contributed by atoms with Gasteiger partial charge in [0.05, 0.1) is 6.42 Å². The van der Waals surface area contributed by atoms with Gasteiger partial charge in [0.25, 0.3) is 0 Å².